The lowest BCUT2D eigenvalue weighted by Gasteiger charge is -2.14. The van der Waals surface area contributed by atoms with Gasteiger partial charge in [0.2, 0.25) is 0 Å². The van der Waals surface area contributed by atoms with E-state index in [0.29, 0.717) is 11.5 Å². The zero-order valence-electron chi connectivity index (χ0n) is 20.1. The number of aromatic nitrogens is 6. The summed E-state index contributed by atoms with van der Waals surface area (Å²) < 4.78 is 13.9. The van der Waals surface area contributed by atoms with Crippen LogP contribution in [0, 0.1) is 5.82 Å². The summed E-state index contributed by atoms with van der Waals surface area (Å²) in [5.74, 6) is 0.366. The Labute approximate surface area is 212 Å². The highest BCUT2D eigenvalue weighted by atomic mass is 19.1. The number of nitrogens with one attached hydrogen (secondary N) is 2. The summed E-state index contributed by atoms with van der Waals surface area (Å²) in [6, 6.07) is 16.6. The molecule has 5 heterocycles. The second-order valence-electron chi connectivity index (χ2n) is 9.55. The molecule has 0 saturated carbocycles. The summed E-state index contributed by atoms with van der Waals surface area (Å²) in [4.78, 5) is 19.9. The van der Waals surface area contributed by atoms with Crippen molar-refractivity contribution in [1.82, 2.24) is 35.0 Å². The monoisotopic (exact) mass is 489 g/mol. The lowest BCUT2D eigenvalue weighted by atomic mass is 10.0. The average Bonchev–Trinajstić information content (AvgIpc) is 3.67. The quantitative estimate of drug-likeness (QED) is 0.312. The predicted octanol–water partition coefficient (Wildman–Crippen LogP) is 5.97. The first-order valence-electron chi connectivity index (χ1n) is 12.5. The molecule has 0 spiro atoms. The Hall–Kier alpha value is -4.43. The average molecular weight is 490 g/mol. The van der Waals surface area contributed by atoms with Crippen molar-refractivity contribution >= 4 is 21.9 Å². The maximum Gasteiger partial charge on any atom is 0.159 e. The molecular weight excluding hydrogens is 465 g/mol. The molecule has 0 bridgehead atoms. The van der Waals surface area contributed by atoms with Crippen LogP contribution in [0.15, 0.2) is 73.2 Å². The lowest BCUT2D eigenvalue weighted by molar-refractivity contribution is 0.331. The molecule has 1 aliphatic heterocycles. The summed E-state index contributed by atoms with van der Waals surface area (Å²) in [5.41, 5.74) is 7.81. The molecule has 182 valence electrons. The molecule has 7 rings (SSSR count). The van der Waals surface area contributed by atoms with Crippen LogP contribution in [0.1, 0.15) is 18.4 Å². The van der Waals surface area contributed by atoms with Crippen molar-refractivity contribution in [2.24, 2.45) is 0 Å². The van der Waals surface area contributed by atoms with Gasteiger partial charge in [-0.15, -0.1) is 0 Å². The van der Waals surface area contributed by atoms with Crippen LogP contribution in [0.5, 0.6) is 0 Å². The molecule has 1 fully saturated rings. The number of para-hydroxylation sites is 1. The maximum absolute atomic E-state index is 13.9. The smallest absolute Gasteiger partial charge is 0.159 e. The Kier molecular flexibility index (Phi) is 5.25. The highest BCUT2D eigenvalue weighted by Gasteiger charge is 2.17. The summed E-state index contributed by atoms with van der Waals surface area (Å²) in [6.45, 7) is 3.20. The molecule has 0 unspecified atom stereocenters. The normalized spacial score (nSPS) is 14.2. The Morgan fingerprint density at radius 3 is 2.68 bits per heavy atom. The zero-order valence-corrected chi connectivity index (χ0v) is 20.1. The minimum atomic E-state index is -0.275. The number of nitrogens with zero attached hydrogens (tertiary/aromatic N) is 5. The Morgan fingerprint density at radius 1 is 0.892 bits per heavy atom. The number of H-pyrrole nitrogens is 2. The number of hydrogen-bond acceptors (Lipinski definition) is 5. The van der Waals surface area contributed by atoms with Gasteiger partial charge >= 0.3 is 0 Å². The van der Waals surface area contributed by atoms with E-state index in [-0.39, 0.29) is 5.82 Å². The standard InChI is InChI=1S/C29H24FN7/c30-21-6-3-5-19(12-21)22-7-4-8-24-27(22)34-29(33-24)28-23-13-25(32-16-26(23)35-36-28)20-11-18(14-31-15-20)17-37-9-1-2-10-37/h3-8,11-16H,1-2,9-10,17H2,(H,33,34)(H,35,36). The number of fused-ring (bicyclic) bond motifs is 2. The van der Waals surface area contributed by atoms with Crippen molar-refractivity contribution in [3.8, 4) is 33.9 Å². The first-order valence-corrected chi connectivity index (χ1v) is 12.5. The van der Waals surface area contributed by atoms with Gasteiger partial charge < -0.3 is 4.98 Å². The minimum absolute atomic E-state index is 0.275. The topological polar surface area (TPSA) is 86.4 Å². The Bertz CT molecular complexity index is 1750. The molecule has 1 saturated heterocycles. The maximum atomic E-state index is 13.9. The molecule has 0 amide bonds. The molecule has 0 radical (unpaired) electrons. The second kappa shape index (κ2) is 8.90. The third-order valence-electron chi connectivity index (χ3n) is 7.02. The molecule has 0 atom stereocenters. The Morgan fingerprint density at radius 2 is 1.78 bits per heavy atom. The SMILES string of the molecule is Fc1cccc(-c2cccc3[nH]c(-c4n[nH]c5cnc(-c6cncc(CN7CCCC7)c6)cc45)nc23)c1. The molecule has 7 nitrogen and oxygen atoms in total. The van der Waals surface area contributed by atoms with Gasteiger partial charge in [-0.25, -0.2) is 9.37 Å². The fourth-order valence-electron chi connectivity index (χ4n) is 5.20. The van der Waals surface area contributed by atoms with Crippen LogP contribution >= 0.6 is 0 Å². The third-order valence-corrected chi connectivity index (χ3v) is 7.02. The van der Waals surface area contributed by atoms with Gasteiger partial charge in [0.25, 0.3) is 0 Å². The van der Waals surface area contributed by atoms with E-state index >= 15 is 0 Å². The largest absolute Gasteiger partial charge is 0.337 e. The molecule has 4 aromatic heterocycles. The van der Waals surface area contributed by atoms with E-state index in [1.807, 2.05) is 42.7 Å². The van der Waals surface area contributed by atoms with E-state index in [4.69, 9.17) is 4.98 Å². The van der Waals surface area contributed by atoms with Crippen LogP contribution in [-0.2, 0) is 6.54 Å². The minimum Gasteiger partial charge on any atom is -0.337 e. The van der Waals surface area contributed by atoms with Crippen molar-refractivity contribution in [2.45, 2.75) is 19.4 Å². The molecule has 0 aliphatic carbocycles. The van der Waals surface area contributed by atoms with Gasteiger partial charge in [-0.3, -0.25) is 20.0 Å². The number of rotatable bonds is 5. The number of imidazole rings is 1. The van der Waals surface area contributed by atoms with Gasteiger partial charge in [-0.1, -0.05) is 24.3 Å². The van der Waals surface area contributed by atoms with Crippen LogP contribution in [0.4, 0.5) is 4.39 Å². The summed E-state index contributed by atoms with van der Waals surface area (Å²) in [5, 5.41) is 8.55. The van der Waals surface area contributed by atoms with E-state index < -0.39 is 0 Å². The molecule has 2 N–H and O–H groups in total. The van der Waals surface area contributed by atoms with Crippen LogP contribution in [0.2, 0.25) is 0 Å². The van der Waals surface area contributed by atoms with Crippen LogP contribution < -0.4 is 0 Å². The number of hydrogen-bond donors (Lipinski definition) is 2. The molecular formula is C29H24FN7. The van der Waals surface area contributed by atoms with E-state index in [2.05, 4.69) is 36.1 Å². The van der Waals surface area contributed by atoms with Crippen molar-refractivity contribution in [1.29, 1.82) is 0 Å². The number of halogens is 1. The number of aromatic amines is 2. The number of pyridine rings is 2. The number of likely N-dealkylation sites (tertiary alicyclic amines) is 1. The van der Waals surface area contributed by atoms with Crippen LogP contribution in [0.25, 0.3) is 55.8 Å². The highest BCUT2D eigenvalue weighted by Crippen LogP contribution is 2.32. The van der Waals surface area contributed by atoms with Gasteiger partial charge in [-0.05, 0) is 67.4 Å². The third kappa shape index (κ3) is 4.05. The summed E-state index contributed by atoms with van der Waals surface area (Å²) in [7, 11) is 0. The van der Waals surface area contributed by atoms with Gasteiger partial charge in [0.15, 0.2) is 5.82 Å². The highest BCUT2D eigenvalue weighted by molar-refractivity contribution is 5.97. The lowest BCUT2D eigenvalue weighted by Crippen LogP contribution is -2.18. The van der Waals surface area contributed by atoms with Crippen molar-refractivity contribution < 1.29 is 4.39 Å². The van der Waals surface area contributed by atoms with E-state index in [1.54, 1.807) is 12.3 Å². The molecule has 6 aromatic rings. The van der Waals surface area contributed by atoms with Gasteiger partial charge in [0.05, 0.1) is 28.4 Å². The van der Waals surface area contributed by atoms with Crippen molar-refractivity contribution in [3.63, 3.8) is 0 Å². The van der Waals surface area contributed by atoms with Crippen molar-refractivity contribution in [3.05, 3.63) is 84.6 Å². The predicted molar refractivity (Wildman–Crippen MR) is 142 cm³/mol. The van der Waals surface area contributed by atoms with Crippen LogP contribution in [-0.4, -0.2) is 48.1 Å². The van der Waals surface area contributed by atoms with Crippen LogP contribution in [0.3, 0.4) is 0 Å². The fourth-order valence-corrected chi connectivity index (χ4v) is 5.20. The van der Waals surface area contributed by atoms with Gasteiger partial charge in [0, 0.05) is 35.5 Å². The van der Waals surface area contributed by atoms with E-state index in [9.17, 15) is 4.39 Å². The first-order chi connectivity index (χ1) is 18.2. The number of benzene rings is 2. The van der Waals surface area contributed by atoms with Gasteiger partial charge in [0.1, 0.15) is 11.5 Å². The summed E-state index contributed by atoms with van der Waals surface area (Å²) >= 11 is 0. The Balaban J connectivity index is 1.28. The van der Waals surface area contributed by atoms with E-state index in [1.165, 1.54) is 30.5 Å². The second-order valence-corrected chi connectivity index (χ2v) is 9.55. The van der Waals surface area contributed by atoms with E-state index in [0.717, 1.165) is 64.0 Å². The van der Waals surface area contributed by atoms with Crippen molar-refractivity contribution in [2.75, 3.05) is 13.1 Å². The van der Waals surface area contributed by atoms with Gasteiger partial charge in [-0.2, -0.15) is 5.10 Å². The molecule has 37 heavy (non-hydrogen) atoms. The fraction of sp³-hybridized carbons (Fsp3) is 0.172. The molecule has 8 heteroatoms. The molecule has 1 aliphatic rings. The zero-order chi connectivity index (χ0) is 24.8. The molecule has 2 aromatic carbocycles. The first kappa shape index (κ1) is 21.8. The summed E-state index contributed by atoms with van der Waals surface area (Å²) in [6.07, 6.45) is 8.12.